The number of nitriles is 1. The summed E-state index contributed by atoms with van der Waals surface area (Å²) in [6, 6.07) is 10.3. The maximum atomic E-state index is 8.97. The number of pyridine rings is 1. The van der Waals surface area contributed by atoms with Crippen LogP contribution in [0.5, 0.6) is 11.5 Å². The third-order valence-electron chi connectivity index (χ3n) is 3.39. The van der Waals surface area contributed by atoms with Crippen LogP contribution in [0.3, 0.4) is 0 Å². The van der Waals surface area contributed by atoms with Crippen molar-refractivity contribution in [3.8, 4) is 17.6 Å². The number of aliphatic imine (C=N–C) groups is 2. The van der Waals surface area contributed by atoms with Crippen LogP contribution in [0.15, 0.2) is 52.7 Å². The van der Waals surface area contributed by atoms with Crippen LogP contribution in [0.2, 0.25) is 0 Å². The number of rotatable bonds is 3. The summed E-state index contributed by atoms with van der Waals surface area (Å²) >= 11 is 0. The van der Waals surface area contributed by atoms with E-state index in [0.717, 1.165) is 5.75 Å². The van der Waals surface area contributed by atoms with Gasteiger partial charge in [-0.25, -0.2) is 4.99 Å². The molecule has 1 aromatic carbocycles. The zero-order chi connectivity index (χ0) is 16.9. The van der Waals surface area contributed by atoms with Gasteiger partial charge in [-0.05, 0) is 30.3 Å². The predicted molar refractivity (Wildman–Crippen MR) is 89.2 cm³/mol. The first kappa shape index (κ1) is 15.6. The Kier molecular flexibility index (Phi) is 4.50. The smallest absolute Gasteiger partial charge is 0.215 e. The Labute approximate surface area is 139 Å². The number of aromatic nitrogens is 1. The average molecular weight is 321 g/mol. The molecule has 2 unspecified atom stereocenters. The lowest BCUT2D eigenvalue weighted by atomic mass is 10.1. The van der Waals surface area contributed by atoms with E-state index in [0.29, 0.717) is 22.8 Å². The molecule has 2 aromatic rings. The van der Waals surface area contributed by atoms with Gasteiger partial charge >= 0.3 is 0 Å². The Morgan fingerprint density at radius 2 is 1.92 bits per heavy atom. The van der Waals surface area contributed by atoms with Crippen LogP contribution in [-0.2, 0) is 0 Å². The molecule has 1 aromatic heterocycles. The topological polar surface area (TPSA) is 106 Å². The molecule has 0 radical (unpaired) electrons. The van der Waals surface area contributed by atoms with E-state index in [2.05, 4.69) is 15.0 Å². The van der Waals surface area contributed by atoms with Gasteiger partial charge in [-0.15, -0.1) is 0 Å². The Bertz CT molecular complexity index is 824. The summed E-state index contributed by atoms with van der Waals surface area (Å²) in [5.41, 5.74) is 7.13. The van der Waals surface area contributed by atoms with Crippen LogP contribution < -0.4 is 15.2 Å². The molecule has 2 N–H and O–H groups in total. The second-order valence-electron chi connectivity index (χ2n) is 5.06. The van der Waals surface area contributed by atoms with Crippen molar-refractivity contribution in [2.75, 3.05) is 7.11 Å². The number of benzene rings is 1. The van der Waals surface area contributed by atoms with Crippen LogP contribution in [0.4, 0.5) is 0 Å². The van der Waals surface area contributed by atoms with Gasteiger partial charge in [0.05, 0.1) is 12.7 Å². The van der Waals surface area contributed by atoms with Gasteiger partial charge in [0, 0.05) is 24.2 Å². The molecule has 0 aliphatic carbocycles. The van der Waals surface area contributed by atoms with Crippen molar-refractivity contribution >= 4 is 12.1 Å². The van der Waals surface area contributed by atoms with Crippen molar-refractivity contribution in [2.45, 2.75) is 12.2 Å². The highest BCUT2D eigenvalue weighted by Gasteiger charge is 2.21. The molecule has 7 heteroatoms. The van der Waals surface area contributed by atoms with Gasteiger partial charge in [0.15, 0.2) is 6.17 Å². The van der Waals surface area contributed by atoms with Gasteiger partial charge in [0.1, 0.15) is 23.6 Å². The molecule has 0 fully saturated rings. The molecule has 24 heavy (non-hydrogen) atoms. The highest BCUT2D eigenvalue weighted by molar-refractivity contribution is 5.99. The van der Waals surface area contributed by atoms with Gasteiger partial charge in [-0.1, -0.05) is 0 Å². The van der Waals surface area contributed by atoms with Gasteiger partial charge in [0.2, 0.25) is 5.90 Å². The van der Waals surface area contributed by atoms with Crippen LogP contribution in [0.25, 0.3) is 0 Å². The minimum Gasteiger partial charge on any atom is -0.497 e. The molecule has 120 valence electrons. The monoisotopic (exact) mass is 321 g/mol. The molecule has 0 saturated heterocycles. The van der Waals surface area contributed by atoms with E-state index in [9.17, 15) is 0 Å². The normalized spacial score (nSPS) is 19.3. The van der Waals surface area contributed by atoms with E-state index in [1.165, 1.54) is 6.20 Å². The summed E-state index contributed by atoms with van der Waals surface area (Å²) in [6.07, 6.45) is 4.16. The maximum Gasteiger partial charge on any atom is 0.215 e. The molecule has 2 atom stereocenters. The van der Waals surface area contributed by atoms with Gasteiger partial charge in [-0.2, -0.15) is 5.26 Å². The van der Waals surface area contributed by atoms with E-state index in [1.54, 1.807) is 49.9 Å². The molecule has 1 aliphatic rings. The largest absolute Gasteiger partial charge is 0.497 e. The van der Waals surface area contributed by atoms with Crippen LogP contribution >= 0.6 is 0 Å². The number of nitrogens with zero attached hydrogens (tertiary/aromatic N) is 4. The highest BCUT2D eigenvalue weighted by atomic mass is 16.5. The van der Waals surface area contributed by atoms with Gasteiger partial charge < -0.3 is 15.2 Å². The molecule has 2 heterocycles. The summed E-state index contributed by atoms with van der Waals surface area (Å²) in [7, 11) is 1.60. The van der Waals surface area contributed by atoms with E-state index in [1.807, 2.05) is 6.07 Å². The molecule has 0 amide bonds. The van der Waals surface area contributed by atoms with Crippen molar-refractivity contribution in [2.24, 2.45) is 15.7 Å². The SMILES string of the molecule is COc1ccc(OC2=NC(c3cncc(C#N)c3)N=CC2N)cc1. The van der Waals surface area contributed by atoms with Crippen molar-refractivity contribution in [1.82, 2.24) is 4.98 Å². The summed E-state index contributed by atoms with van der Waals surface area (Å²) in [5, 5.41) is 8.97. The molecule has 3 rings (SSSR count). The molecular formula is C17H15N5O2. The third kappa shape index (κ3) is 3.39. The number of hydrogen-bond acceptors (Lipinski definition) is 7. The fraction of sp³-hybridized carbons (Fsp3) is 0.176. The number of methoxy groups -OCH3 is 1. The lowest BCUT2D eigenvalue weighted by molar-refractivity contribution is 0.413. The highest BCUT2D eigenvalue weighted by Crippen LogP contribution is 2.23. The van der Waals surface area contributed by atoms with Crippen molar-refractivity contribution in [3.63, 3.8) is 0 Å². The Hall–Kier alpha value is -3.24. The van der Waals surface area contributed by atoms with Gasteiger partial charge in [0.25, 0.3) is 0 Å². The summed E-state index contributed by atoms with van der Waals surface area (Å²) in [4.78, 5) is 12.8. The minimum atomic E-state index is -0.532. The molecule has 0 saturated carbocycles. The van der Waals surface area contributed by atoms with Crippen LogP contribution in [0.1, 0.15) is 17.3 Å². The lowest BCUT2D eigenvalue weighted by Crippen LogP contribution is -2.38. The molecule has 1 aliphatic heterocycles. The maximum absolute atomic E-state index is 8.97. The van der Waals surface area contributed by atoms with Crippen molar-refractivity contribution in [3.05, 3.63) is 53.9 Å². The van der Waals surface area contributed by atoms with E-state index in [4.69, 9.17) is 20.5 Å². The third-order valence-corrected chi connectivity index (χ3v) is 3.39. The Morgan fingerprint density at radius 1 is 1.17 bits per heavy atom. The molecule has 0 bridgehead atoms. The molecule has 0 spiro atoms. The van der Waals surface area contributed by atoms with E-state index >= 15 is 0 Å². The lowest BCUT2D eigenvalue weighted by Gasteiger charge is -2.20. The average Bonchev–Trinajstić information content (AvgIpc) is 2.64. The predicted octanol–water partition coefficient (Wildman–Crippen LogP) is 1.85. The first-order valence-electron chi connectivity index (χ1n) is 7.23. The van der Waals surface area contributed by atoms with Crippen LogP contribution in [-0.4, -0.2) is 30.2 Å². The number of ether oxygens (including phenoxy) is 2. The Morgan fingerprint density at radius 3 is 2.62 bits per heavy atom. The standard InChI is InChI=1S/C17H15N5O2/c1-23-13-2-4-14(5-3-13)24-17-15(19)10-21-16(22-17)12-6-11(7-18)8-20-9-12/h2-6,8-10,15-16H,19H2,1H3. The van der Waals surface area contributed by atoms with Crippen molar-refractivity contribution in [1.29, 1.82) is 5.26 Å². The molecular weight excluding hydrogens is 306 g/mol. The summed E-state index contributed by atoms with van der Waals surface area (Å²) < 4.78 is 10.9. The van der Waals surface area contributed by atoms with Crippen LogP contribution in [0, 0.1) is 11.3 Å². The zero-order valence-electron chi connectivity index (χ0n) is 13.0. The number of hydrogen-bond donors (Lipinski definition) is 1. The zero-order valence-corrected chi connectivity index (χ0v) is 13.0. The second-order valence-corrected chi connectivity index (χ2v) is 5.06. The number of nitrogens with two attached hydrogens (primary N) is 1. The summed E-state index contributed by atoms with van der Waals surface area (Å²) in [5.74, 6) is 1.68. The van der Waals surface area contributed by atoms with E-state index < -0.39 is 12.2 Å². The van der Waals surface area contributed by atoms with Crippen molar-refractivity contribution < 1.29 is 9.47 Å². The minimum absolute atomic E-state index is 0.350. The Balaban J connectivity index is 1.83. The van der Waals surface area contributed by atoms with E-state index in [-0.39, 0.29) is 0 Å². The van der Waals surface area contributed by atoms with Gasteiger partial charge in [-0.3, -0.25) is 9.98 Å². The fourth-order valence-electron chi connectivity index (χ4n) is 2.16. The fourth-order valence-corrected chi connectivity index (χ4v) is 2.16. The quantitative estimate of drug-likeness (QED) is 0.928. The first-order valence-corrected chi connectivity index (χ1v) is 7.23. The molecule has 7 nitrogen and oxygen atoms in total. The summed E-state index contributed by atoms with van der Waals surface area (Å²) in [6.45, 7) is 0. The first-order chi connectivity index (χ1) is 11.7. The second kappa shape index (κ2) is 6.89.